The number of fused-ring (bicyclic) bond motifs is 1. The summed E-state index contributed by atoms with van der Waals surface area (Å²) in [5.74, 6) is 0.634. The van der Waals surface area contributed by atoms with Crippen LogP contribution < -0.4 is 10.6 Å². The molecular weight excluding hydrogens is 226 g/mol. The first-order valence-electron chi connectivity index (χ1n) is 5.73. The summed E-state index contributed by atoms with van der Waals surface area (Å²) >= 11 is 0. The monoisotopic (exact) mass is 239 g/mol. The van der Waals surface area contributed by atoms with E-state index in [1.54, 1.807) is 12.4 Å². The average Bonchev–Trinajstić information content (AvgIpc) is 2.82. The lowest BCUT2D eigenvalue weighted by Gasteiger charge is -2.18. The van der Waals surface area contributed by atoms with E-state index in [4.69, 9.17) is 11.1 Å². The average molecular weight is 239 g/mol. The van der Waals surface area contributed by atoms with Gasteiger partial charge in [0.15, 0.2) is 5.82 Å². The molecule has 0 atom stereocenters. The van der Waals surface area contributed by atoms with E-state index in [1.807, 2.05) is 12.1 Å². The van der Waals surface area contributed by atoms with Crippen LogP contribution in [0.15, 0.2) is 36.7 Å². The van der Waals surface area contributed by atoms with Crippen LogP contribution in [0.3, 0.4) is 0 Å². The van der Waals surface area contributed by atoms with Gasteiger partial charge in [-0.1, -0.05) is 24.3 Å². The SMILES string of the molecule is N=C(N)c1nccnc1N1Cc2ccccc2C1. The van der Waals surface area contributed by atoms with Crippen molar-refractivity contribution in [2.75, 3.05) is 4.90 Å². The smallest absolute Gasteiger partial charge is 0.158 e. The summed E-state index contributed by atoms with van der Waals surface area (Å²) in [5.41, 5.74) is 8.57. The van der Waals surface area contributed by atoms with E-state index >= 15 is 0 Å². The minimum Gasteiger partial charge on any atom is -0.382 e. The van der Waals surface area contributed by atoms with E-state index in [2.05, 4.69) is 27.0 Å². The number of nitrogens with two attached hydrogens (primary N) is 1. The summed E-state index contributed by atoms with van der Waals surface area (Å²) < 4.78 is 0. The predicted molar refractivity (Wildman–Crippen MR) is 69.4 cm³/mol. The van der Waals surface area contributed by atoms with Crippen LogP contribution in [0.25, 0.3) is 0 Å². The fourth-order valence-corrected chi connectivity index (χ4v) is 2.24. The summed E-state index contributed by atoms with van der Waals surface area (Å²) in [6.45, 7) is 1.57. The van der Waals surface area contributed by atoms with Crippen LogP contribution in [0.5, 0.6) is 0 Å². The minimum atomic E-state index is -0.0472. The van der Waals surface area contributed by atoms with Crippen LogP contribution in [-0.4, -0.2) is 15.8 Å². The second-order valence-electron chi connectivity index (χ2n) is 4.27. The van der Waals surface area contributed by atoms with Gasteiger partial charge >= 0.3 is 0 Å². The van der Waals surface area contributed by atoms with Gasteiger partial charge < -0.3 is 10.6 Å². The molecule has 3 N–H and O–H groups in total. The van der Waals surface area contributed by atoms with Gasteiger partial charge in [-0.2, -0.15) is 0 Å². The molecule has 5 heteroatoms. The molecule has 3 rings (SSSR count). The molecule has 0 spiro atoms. The van der Waals surface area contributed by atoms with Crippen LogP contribution in [0.4, 0.5) is 5.82 Å². The molecule has 2 aromatic rings. The number of hydrogen-bond acceptors (Lipinski definition) is 4. The van der Waals surface area contributed by atoms with Crippen molar-refractivity contribution in [3.63, 3.8) is 0 Å². The van der Waals surface area contributed by atoms with Gasteiger partial charge in [0, 0.05) is 25.5 Å². The van der Waals surface area contributed by atoms with E-state index in [-0.39, 0.29) is 5.84 Å². The van der Waals surface area contributed by atoms with Crippen LogP contribution in [0, 0.1) is 5.41 Å². The van der Waals surface area contributed by atoms with Gasteiger partial charge in [-0.3, -0.25) is 5.41 Å². The van der Waals surface area contributed by atoms with E-state index in [1.165, 1.54) is 11.1 Å². The zero-order chi connectivity index (χ0) is 12.5. The fourth-order valence-electron chi connectivity index (χ4n) is 2.24. The topological polar surface area (TPSA) is 78.9 Å². The van der Waals surface area contributed by atoms with Gasteiger partial charge in [-0.25, -0.2) is 9.97 Å². The summed E-state index contributed by atoms with van der Waals surface area (Å²) in [5, 5.41) is 7.55. The van der Waals surface area contributed by atoms with E-state index in [9.17, 15) is 0 Å². The Balaban J connectivity index is 1.98. The van der Waals surface area contributed by atoms with Crippen molar-refractivity contribution in [1.29, 1.82) is 5.41 Å². The predicted octanol–water partition coefficient (Wildman–Crippen LogP) is 1.28. The molecule has 0 saturated heterocycles. The maximum absolute atomic E-state index is 7.55. The third-order valence-electron chi connectivity index (χ3n) is 3.07. The summed E-state index contributed by atoms with van der Waals surface area (Å²) in [6.07, 6.45) is 3.19. The molecule has 0 amide bonds. The number of nitrogens with zero attached hydrogens (tertiary/aromatic N) is 3. The second-order valence-corrected chi connectivity index (χ2v) is 4.27. The van der Waals surface area contributed by atoms with Gasteiger partial charge in [-0.15, -0.1) is 0 Å². The van der Waals surface area contributed by atoms with Crippen molar-refractivity contribution in [3.8, 4) is 0 Å². The number of benzene rings is 1. The molecule has 2 heterocycles. The molecule has 0 aliphatic carbocycles. The highest BCUT2D eigenvalue weighted by molar-refractivity contribution is 5.97. The summed E-state index contributed by atoms with van der Waals surface area (Å²) in [4.78, 5) is 10.5. The maximum Gasteiger partial charge on any atom is 0.158 e. The number of amidine groups is 1. The quantitative estimate of drug-likeness (QED) is 0.611. The maximum atomic E-state index is 7.55. The second kappa shape index (κ2) is 4.10. The highest BCUT2D eigenvalue weighted by Gasteiger charge is 2.22. The zero-order valence-corrected chi connectivity index (χ0v) is 9.80. The fraction of sp³-hybridized carbons (Fsp3) is 0.154. The van der Waals surface area contributed by atoms with Gasteiger partial charge in [0.2, 0.25) is 0 Å². The third kappa shape index (κ3) is 1.69. The van der Waals surface area contributed by atoms with Crippen LogP contribution in [-0.2, 0) is 13.1 Å². The Hall–Kier alpha value is -2.43. The first kappa shape index (κ1) is 10.7. The Morgan fingerprint density at radius 3 is 2.33 bits per heavy atom. The summed E-state index contributed by atoms with van der Waals surface area (Å²) in [6, 6.07) is 8.29. The molecular formula is C13H13N5. The van der Waals surface area contributed by atoms with Crippen molar-refractivity contribution < 1.29 is 0 Å². The molecule has 18 heavy (non-hydrogen) atoms. The number of rotatable bonds is 2. The van der Waals surface area contributed by atoms with E-state index < -0.39 is 0 Å². The molecule has 1 aromatic carbocycles. The molecule has 90 valence electrons. The lowest BCUT2D eigenvalue weighted by molar-refractivity contribution is 0.846. The van der Waals surface area contributed by atoms with Gasteiger partial charge in [-0.05, 0) is 11.1 Å². The Morgan fingerprint density at radius 2 is 1.72 bits per heavy atom. The van der Waals surface area contributed by atoms with E-state index in [0.717, 1.165) is 13.1 Å². The van der Waals surface area contributed by atoms with Crippen molar-refractivity contribution in [3.05, 3.63) is 53.5 Å². The molecule has 0 radical (unpaired) electrons. The van der Waals surface area contributed by atoms with Gasteiger partial charge in [0.1, 0.15) is 11.5 Å². The first-order valence-corrected chi connectivity index (χ1v) is 5.73. The highest BCUT2D eigenvalue weighted by atomic mass is 15.2. The lowest BCUT2D eigenvalue weighted by atomic mass is 10.1. The van der Waals surface area contributed by atoms with Crippen molar-refractivity contribution >= 4 is 11.7 Å². The zero-order valence-electron chi connectivity index (χ0n) is 9.80. The number of aromatic nitrogens is 2. The minimum absolute atomic E-state index is 0.0472. The van der Waals surface area contributed by atoms with Crippen LogP contribution >= 0.6 is 0 Å². The summed E-state index contributed by atoms with van der Waals surface area (Å²) in [7, 11) is 0. The molecule has 5 nitrogen and oxygen atoms in total. The van der Waals surface area contributed by atoms with Crippen molar-refractivity contribution in [1.82, 2.24) is 9.97 Å². The Bertz CT molecular complexity index is 583. The number of anilines is 1. The van der Waals surface area contributed by atoms with Crippen molar-refractivity contribution in [2.45, 2.75) is 13.1 Å². The molecule has 0 bridgehead atoms. The van der Waals surface area contributed by atoms with E-state index in [0.29, 0.717) is 11.5 Å². The Labute approximate surface area is 105 Å². The lowest BCUT2D eigenvalue weighted by Crippen LogP contribution is -2.23. The number of nitrogen functional groups attached to an aromatic ring is 1. The molecule has 0 unspecified atom stereocenters. The number of hydrogen-bond donors (Lipinski definition) is 2. The molecule has 0 fully saturated rings. The first-order chi connectivity index (χ1) is 8.75. The van der Waals surface area contributed by atoms with Crippen LogP contribution in [0.2, 0.25) is 0 Å². The molecule has 1 aliphatic heterocycles. The van der Waals surface area contributed by atoms with Crippen LogP contribution in [0.1, 0.15) is 16.8 Å². The standard InChI is InChI=1S/C13H13N5/c14-12(15)11-13(17-6-5-16-11)18-7-9-3-1-2-4-10(9)8-18/h1-6H,7-8H2,(H3,14,15). The third-order valence-corrected chi connectivity index (χ3v) is 3.07. The van der Waals surface area contributed by atoms with Crippen molar-refractivity contribution in [2.24, 2.45) is 5.73 Å². The van der Waals surface area contributed by atoms with Gasteiger partial charge in [0.25, 0.3) is 0 Å². The highest BCUT2D eigenvalue weighted by Crippen LogP contribution is 2.27. The largest absolute Gasteiger partial charge is 0.382 e. The number of nitrogens with one attached hydrogen (secondary N) is 1. The Morgan fingerprint density at radius 1 is 1.11 bits per heavy atom. The molecule has 1 aromatic heterocycles. The molecule has 0 saturated carbocycles. The normalized spacial score (nSPS) is 13.4. The Kier molecular flexibility index (Phi) is 2.44. The van der Waals surface area contributed by atoms with Gasteiger partial charge in [0.05, 0.1) is 0 Å². The molecule has 1 aliphatic rings.